The smallest absolute Gasteiger partial charge is 0.0755 e. The van der Waals surface area contributed by atoms with Gasteiger partial charge in [-0.15, -0.1) is 0 Å². The summed E-state index contributed by atoms with van der Waals surface area (Å²) in [7, 11) is 0. The van der Waals surface area contributed by atoms with Crippen LogP contribution in [0.4, 0.5) is 0 Å². The fraction of sp³-hybridized carbons (Fsp3) is 0.636. The van der Waals surface area contributed by atoms with Crippen molar-refractivity contribution in [3.63, 3.8) is 0 Å². The molecule has 2 atom stereocenters. The Morgan fingerprint density at radius 3 is 3.07 bits per heavy atom. The Morgan fingerprint density at radius 1 is 1.53 bits per heavy atom. The van der Waals surface area contributed by atoms with Gasteiger partial charge >= 0.3 is 0 Å². The average molecular weight is 206 g/mol. The predicted octanol–water partition coefficient (Wildman–Crippen LogP) is 0.831. The van der Waals surface area contributed by atoms with E-state index in [-0.39, 0.29) is 0 Å². The van der Waals surface area contributed by atoms with Crippen LogP contribution >= 0.6 is 0 Å². The van der Waals surface area contributed by atoms with Gasteiger partial charge in [0.1, 0.15) is 0 Å². The van der Waals surface area contributed by atoms with Gasteiger partial charge in [0.25, 0.3) is 0 Å². The second-order valence-corrected chi connectivity index (χ2v) is 4.16. The number of hydrogen-bond donors (Lipinski definition) is 1. The highest BCUT2D eigenvalue weighted by molar-refractivity contribution is 5.02. The van der Waals surface area contributed by atoms with Gasteiger partial charge < -0.3 is 5.32 Å². The monoisotopic (exact) mass is 206 g/mol. The van der Waals surface area contributed by atoms with E-state index in [0.29, 0.717) is 12.1 Å². The number of rotatable bonds is 2. The molecule has 2 rings (SSSR count). The minimum atomic E-state index is 0.364. The summed E-state index contributed by atoms with van der Waals surface area (Å²) < 4.78 is 0. The first-order valence-corrected chi connectivity index (χ1v) is 5.50. The van der Waals surface area contributed by atoms with E-state index in [9.17, 15) is 0 Å². The lowest BCUT2D eigenvalue weighted by atomic mass is 10.1. The molecule has 2 heterocycles. The van der Waals surface area contributed by atoms with Crippen LogP contribution in [0.5, 0.6) is 0 Å². The van der Waals surface area contributed by atoms with Crippen LogP contribution in [0.1, 0.15) is 25.6 Å². The van der Waals surface area contributed by atoms with E-state index in [4.69, 9.17) is 0 Å². The van der Waals surface area contributed by atoms with Gasteiger partial charge in [0.15, 0.2) is 0 Å². The lowest BCUT2D eigenvalue weighted by Gasteiger charge is -2.35. The average Bonchev–Trinajstić information content (AvgIpc) is 2.29. The van der Waals surface area contributed by atoms with Gasteiger partial charge in [0, 0.05) is 44.3 Å². The van der Waals surface area contributed by atoms with E-state index in [2.05, 4.69) is 34.0 Å². The van der Waals surface area contributed by atoms with Crippen LogP contribution < -0.4 is 5.32 Å². The zero-order chi connectivity index (χ0) is 10.7. The van der Waals surface area contributed by atoms with E-state index in [1.807, 2.05) is 6.20 Å². The summed E-state index contributed by atoms with van der Waals surface area (Å²) in [5, 5.41) is 3.44. The highest BCUT2D eigenvalue weighted by Crippen LogP contribution is 2.18. The molecule has 0 radical (unpaired) electrons. The summed E-state index contributed by atoms with van der Waals surface area (Å²) >= 11 is 0. The molecule has 1 aromatic rings. The zero-order valence-corrected chi connectivity index (χ0v) is 9.35. The maximum Gasteiger partial charge on any atom is 0.0755 e. The van der Waals surface area contributed by atoms with Gasteiger partial charge in [-0.25, -0.2) is 0 Å². The SMILES string of the molecule is CC1CN(C(C)c2cnccn2)CCN1. The van der Waals surface area contributed by atoms with Crippen LogP contribution in [-0.4, -0.2) is 40.5 Å². The molecule has 1 fully saturated rings. The van der Waals surface area contributed by atoms with Gasteiger partial charge in [-0.2, -0.15) is 0 Å². The minimum Gasteiger partial charge on any atom is -0.312 e. The molecule has 4 nitrogen and oxygen atoms in total. The molecule has 0 amide bonds. The van der Waals surface area contributed by atoms with Crippen molar-refractivity contribution >= 4 is 0 Å². The van der Waals surface area contributed by atoms with Crippen molar-refractivity contribution < 1.29 is 0 Å². The Labute approximate surface area is 90.7 Å². The van der Waals surface area contributed by atoms with E-state index >= 15 is 0 Å². The largest absolute Gasteiger partial charge is 0.312 e. The standard InChI is InChI=1S/C11H18N4/c1-9-8-15(6-5-13-9)10(2)11-7-12-3-4-14-11/h3-4,7,9-10,13H,5-6,8H2,1-2H3. The Balaban J connectivity index is 2.04. The molecule has 0 aliphatic carbocycles. The summed E-state index contributed by atoms with van der Waals surface area (Å²) in [4.78, 5) is 10.9. The molecule has 0 spiro atoms. The van der Waals surface area contributed by atoms with Crippen LogP contribution in [0.2, 0.25) is 0 Å². The van der Waals surface area contributed by atoms with E-state index in [0.717, 1.165) is 25.3 Å². The molecule has 1 aliphatic rings. The zero-order valence-electron chi connectivity index (χ0n) is 9.35. The summed E-state index contributed by atoms with van der Waals surface area (Å²) in [5.41, 5.74) is 1.06. The van der Waals surface area contributed by atoms with Gasteiger partial charge in [-0.3, -0.25) is 14.9 Å². The molecular formula is C11H18N4. The lowest BCUT2D eigenvalue weighted by Crippen LogP contribution is -2.49. The number of piperazine rings is 1. The van der Waals surface area contributed by atoms with Crippen molar-refractivity contribution in [3.05, 3.63) is 24.3 Å². The van der Waals surface area contributed by atoms with Crippen LogP contribution in [0.25, 0.3) is 0 Å². The van der Waals surface area contributed by atoms with E-state index < -0.39 is 0 Å². The Bertz CT molecular complexity index is 301. The predicted molar refractivity (Wildman–Crippen MR) is 59.5 cm³/mol. The molecule has 82 valence electrons. The second kappa shape index (κ2) is 4.68. The second-order valence-electron chi connectivity index (χ2n) is 4.16. The van der Waals surface area contributed by atoms with Crippen molar-refractivity contribution in [1.29, 1.82) is 0 Å². The first-order chi connectivity index (χ1) is 7.27. The molecule has 0 aromatic carbocycles. The van der Waals surface area contributed by atoms with Crippen molar-refractivity contribution in [2.45, 2.75) is 25.9 Å². The maximum absolute atomic E-state index is 4.35. The lowest BCUT2D eigenvalue weighted by molar-refractivity contribution is 0.156. The topological polar surface area (TPSA) is 41.1 Å². The number of nitrogens with one attached hydrogen (secondary N) is 1. The number of nitrogens with zero attached hydrogens (tertiary/aromatic N) is 3. The Kier molecular flexibility index (Phi) is 3.28. The molecule has 2 unspecified atom stereocenters. The van der Waals surface area contributed by atoms with Gasteiger partial charge in [-0.05, 0) is 13.8 Å². The first-order valence-electron chi connectivity index (χ1n) is 5.50. The fourth-order valence-corrected chi connectivity index (χ4v) is 2.03. The van der Waals surface area contributed by atoms with Crippen molar-refractivity contribution in [2.24, 2.45) is 0 Å². The highest BCUT2D eigenvalue weighted by atomic mass is 15.2. The van der Waals surface area contributed by atoms with Crippen LogP contribution in [0.3, 0.4) is 0 Å². The Morgan fingerprint density at radius 2 is 2.40 bits per heavy atom. The van der Waals surface area contributed by atoms with Crippen molar-refractivity contribution in [3.8, 4) is 0 Å². The number of aromatic nitrogens is 2. The van der Waals surface area contributed by atoms with Crippen molar-refractivity contribution in [1.82, 2.24) is 20.2 Å². The quantitative estimate of drug-likeness (QED) is 0.778. The van der Waals surface area contributed by atoms with Crippen LogP contribution in [0.15, 0.2) is 18.6 Å². The fourth-order valence-electron chi connectivity index (χ4n) is 2.03. The number of hydrogen-bond acceptors (Lipinski definition) is 4. The third kappa shape index (κ3) is 2.52. The van der Waals surface area contributed by atoms with Crippen LogP contribution in [0, 0.1) is 0 Å². The summed E-state index contributed by atoms with van der Waals surface area (Å²) in [6, 6.07) is 0.932. The molecule has 0 bridgehead atoms. The van der Waals surface area contributed by atoms with E-state index in [1.165, 1.54) is 0 Å². The maximum atomic E-state index is 4.35. The van der Waals surface area contributed by atoms with Crippen molar-refractivity contribution in [2.75, 3.05) is 19.6 Å². The summed E-state index contributed by atoms with van der Waals surface area (Å²) in [6.45, 7) is 7.64. The molecule has 1 aromatic heterocycles. The molecule has 1 saturated heterocycles. The Hall–Kier alpha value is -1.00. The molecule has 0 saturated carbocycles. The molecule has 15 heavy (non-hydrogen) atoms. The minimum absolute atomic E-state index is 0.364. The third-order valence-electron chi connectivity index (χ3n) is 2.96. The van der Waals surface area contributed by atoms with Gasteiger partial charge in [-0.1, -0.05) is 0 Å². The van der Waals surface area contributed by atoms with E-state index in [1.54, 1.807) is 12.4 Å². The summed E-state index contributed by atoms with van der Waals surface area (Å²) in [6.07, 6.45) is 5.34. The van der Waals surface area contributed by atoms with Gasteiger partial charge in [0.2, 0.25) is 0 Å². The molecule has 4 heteroatoms. The molecule has 1 N–H and O–H groups in total. The highest BCUT2D eigenvalue weighted by Gasteiger charge is 2.22. The normalized spacial score (nSPS) is 25.1. The molecular weight excluding hydrogens is 188 g/mol. The van der Waals surface area contributed by atoms with Gasteiger partial charge in [0.05, 0.1) is 11.7 Å². The molecule has 1 aliphatic heterocycles. The van der Waals surface area contributed by atoms with Crippen LogP contribution in [-0.2, 0) is 0 Å². The first kappa shape index (κ1) is 10.5. The third-order valence-corrected chi connectivity index (χ3v) is 2.96. The summed E-state index contributed by atoms with van der Waals surface area (Å²) in [5.74, 6) is 0.